The molecule has 0 amide bonds. The first-order valence-electron chi connectivity index (χ1n) is 14.1. The number of nitrogens with two attached hydrogens (primary N) is 1. The highest BCUT2D eigenvalue weighted by Gasteiger charge is 2.27. The minimum Gasteiger partial charge on any atom is -0.395 e. The second-order valence-corrected chi connectivity index (χ2v) is 11.8. The molecule has 41 heavy (non-hydrogen) atoms. The van der Waals surface area contributed by atoms with Crippen LogP contribution in [0.3, 0.4) is 0 Å². The number of anilines is 1. The summed E-state index contributed by atoms with van der Waals surface area (Å²) in [5.74, 6) is 0.842. The van der Waals surface area contributed by atoms with E-state index in [0.29, 0.717) is 17.5 Å². The van der Waals surface area contributed by atoms with Gasteiger partial charge in [0.2, 0.25) is 0 Å². The summed E-state index contributed by atoms with van der Waals surface area (Å²) in [6.07, 6.45) is 15.3. The number of halogens is 1. The fraction of sp³-hybridized carbons (Fsp3) is 0.206. The summed E-state index contributed by atoms with van der Waals surface area (Å²) in [5.41, 5.74) is 19.6. The molecule has 0 bridgehead atoms. The molecule has 2 atom stereocenters. The van der Waals surface area contributed by atoms with E-state index in [1.54, 1.807) is 6.20 Å². The molecular formula is C34H31IN6. The lowest BCUT2D eigenvalue weighted by Gasteiger charge is -2.26. The number of hydrogen-bond donors (Lipinski definition) is 1. The molecule has 4 aromatic heterocycles. The summed E-state index contributed by atoms with van der Waals surface area (Å²) in [6.45, 7) is 4.63. The Hall–Kier alpha value is -3.98. The number of fused-ring (bicyclic) bond motifs is 4. The number of rotatable bonds is 5. The van der Waals surface area contributed by atoms with Crippen molar-refractivity contribution >= 4 is 74.0 Å². The van der Waals surface area contributed by atoms with E-state index >= 15 is 0 Å². The molecular weight excluding hydrogens is 619 g/mol. The van der Waals surface area contributed by atoms with Crippen molar-refractivity contribution in [3.8, 4) is 5.69 Å². The largest absolute Gasteiger partial charge is 0.395 e. The van der Waals surface area contributed by atoms with Crippen molar-refractivity contribution in [2.45, 2.75) is 39.0 Å². The van der Waals surface area contributed by atoms with Gasteiger partial charge in [0.1, 0.15) is 16.7 Å². The highest BCUT2D eigenvalue weighted by molar-refractivity contribution is 14.1. The number of allylic oxidation sites excluding steroid dienone is 4. The molecule has 1 aromatic carbocycles. The quantitative estimate of drug-likeness (QED) is 0.194. The van der Waals surface area contributed by atoms with Gasteiger partial charge in [-0.2, -0.15) is 0 Å². The molecule has 0 saturated carbocycles. The van der Waals surface area contributed by atoms with Crippen LogP contribution < -0.4 is 5.73 Å². The van der Waals surface area contributed by atoms with Crippen molar-refractivity contribution in [3.63, 3.8) is 0 Å². The van der Waals surface area contributed by atoms with E-state index in [4.69, 9.17) is 15.7 Å². The van der Waals surface area contributed by atoms with E-state index in [-0.39, 0.29) is 0 Å². The van der Waals surface area contributed by atoms with Crippen molar-refractivity contribution in [2.75, 3.05) is 5.73 Å². The molecule has 5 aromatic rings. The van der Waals surface area contributed by atoms with Crippen LogP contribution in [0, 0.1) is 5.92 Å². The maximum Gasteiger partial charge on any atom is 0.114 e. The van der Waals surface area contributed by atoms with Gasteiger partial charge in [0.25, 0.3) is 0 Å². The normalized spacial score (nSPS) is 18.7. The highest BCUT2D eigenvalue weighted by atomic mass is 127. The smallest absolute Gasteiger partial charge is 0.114 e. The van der Waals surface area contributed by atoms with Crippen LogP contribution in [0.15, 0.2) is 87.7 Å². The summed E-state index contributed by atoms with van der Waals surface area (Å²) in [5, 5.41) is 0. The summed E-state index contributed by atoms with van der Waals surface area (Å²) < 4.78 is 6.61. The number of pyridine rings is 2. The van der Waals surface area contributed by atoms with Crippen molar-refractivity contribution < 1.29 is 0 Å². The van der Waals surface area contributed by atoms with E-state index < -0.39 is 0 Å². The molecule has 5 heterocycles. The standard InChI is InChI=1S/C34H31IN6/c1-21-14-18-39-33-32-29(6-4-17-38-32)41(34(21)33)26-12-9-24(22(2)19-26)20-23-7-10-25(11-8-23)40-27(13-15-35)30(36)31-28(40)5-3-16-37-31/h3-13,15-18,21-22H,14,19-20,36H2,1-2H3/b15-13-. The maximum absolute atomic E-state index is 6.49. The predicted octanol–water partition coefficient (Wildman–Crippen LogP) is 8.62. The van der Waals surface area contributed by atoms with Crippen molar-refractivity contribution in [1.82, 2.24) is 19.1 Å². The van der Waals surface area contributed by atoms with Crippen molar-refractivity contribution in [1.29, 1.82) is 0 Å². The van der Waals surface area contributed by atoms with Gasteiger partial charge in [-0.05, 0) is 83.4 Å². The third-order valence-electron chi connectivity index (χ3n) is 8.43. The number of nitrogens with zero attached hydrogens (tertiary/aromatic N) is 5. The molecule has 2 N–H and O–H groups in total. The monoisotopic (exact) mass is 650 g/mol. The summed E-state index contributed by atoms with van der Waals surface area (Å²) in [6, 6.07) is 17.1. The number of benzene rings is 1. The topological polar surface area (TPSA) is 74.0 Å². The van der Waals surface area contributed by atoms with E-state index in [1.807, 2.05) is 34.7 Å². The molecule has 0 radical (unpaired) electrons. The zero-order valence-corrected chi connectivity index (χ0v) is 25.3. The summed E-state index contributed by atoms with van der Waals surface area (Å²) in [7, 11) is 0. The maximum atomic E-state index is 6.49. The third kappa shape index (κ3) is 4.34. The minimum absolute atomic E-state index is 0.410. The fourth-order valence-corrected chi connectivity index (χ4v) is 6.70. The van der Waals surface area contributed by atoms with Crippen LogP contribution >= 0.6 is 22.6 Å². The molecule has 0 fully saturated rings. The van der Waals surface area contributed by atoms with Crippen LogP contribution in [0.2, 0.25) is 0 Å². The number of nitrogen functional groups attached to an aromatic ring is 1. The Morgan fingerprint density at radius 2 is 1.66 bits per heavy atom. The highest BCUT2D eigenvalue weighted by Crippen LogP contribution is 2.44. The van der Waals surface area contributed by atoms with Gasteiger partial charge in [0.05, 0.1) is 28.1 Å². The van der Waals surface area contributed by atoms with E-state index in [0.717, 1.165) is 58.4 Å². The lowest BCUT2D eigenvalue weighted by atomic mass is 9.87. The van der Waals surface area contributed by atoms with Gasteiger partial charge in [-0.3, -0.25) is 15.0 Å². The number of aliphatic imine (C=N–C) groups is 1. The average molecular weight is 651 g/mol. The van der Waals surface area contributed by atoms with Gasteiger partial charge in [0.15, 0.2) is 0 Å². The van der Waals surface area contributed by atoms with Crippen LogP contribution in [-0.2, 0) is 6.42 Å². The van der Waals surface area contributed by atoms with Gasteiger partial charge >= 0.3 is 0 Å². The molecule has 7 heteroatoms. The Morgan fingerprint density at radius 1 is 0.927 bits per heavy atom. The van der Waals surface area contributed by atoms with Gasteiger partial charge in [-0.15, -0.1) is 0 Å². The number of aromatic nitrogens is 4. The first kappa shape index (κ1) is 26.0. The molecule has 7 rings (SSSR count). The first-order valence-corrected chi connectivity index (χ1v) is 15.3. The second kappa shape index (κ2) is 10.4. The van der Waals surface area contributed by atoms with Crippen LogP contribution in [0.25, 0.3) is 39.5 Å². The second-order valence-electron chi connectivity index (χ2n) is 11.0. The Bertz CT molecular complexity index is 1920. The Kier molecular flexibility index (Phi) is 6.61. The van der Waals surface area contributed by atoms with Gasteiger partial charge in [-0.1, -0.05) is 60.2 Å². The molecule has 0 spiro atoms. The SMILES string of the molecule is CC1CC(n2c3c(c4ncccc42)N=CCC3C)=CC=C1Cc1ccc(-n2c(/C=C\I)c(N)c3ncccc32)cc1. The molecule has 204 valence electrons. The fourth-order valence-electron chi connectivity index (χ4n) is 6.36. The van der Waals surface area contributed by atoms with E-state index in [2.05, 4.69) is 99.1 Å². The summed E-state index contributed by atoms with van der Waals surface area (Å²) in [4.78, 5) is 14.0. The number of hydrogen-bond acceptors (Lipinski definition) is 4. The van der Waals surface area contributed by atoms with Gasteiger partial charge < -0.3 is 14.9 Å². The molecule has 1 aliphatic carbocycles. The predicted molar refractivity (Wildman–Crippen MR) is 179 cm³/mol. The van der Waals surface area contributed by atoms with Crippen LogP contribution in [0.1, 0.15) is 49.6 Å². The Labute approximate surface area is 253 Å². The van der Waals surface area contributed by atoms with Crippen LogP contribution in [0.4, 0.5) is 11.4 Å². The Morgan fingerprint density at radius 3 is 2.39 bits per heavy atom. The Balaban J connectivity index is 1.21. The zero-order valence-electron chi connectivity index (χ0n) is 23.1. The summed E-state index contributed by atoms with van der Waals surface area (Å²) >= 11 is 2.23. The van der Waals surface area contributed by atoms with Gasteiger partial charge in [0, 0.05) is 35.9 Å². The van der Waals surface area contributed by atoms with E-state index in [9.17, 15) is 0 Å². The minimum atomic E-state index is 0.410. The molecule has 0 saturated heterocycles. The first-order chi connectivity index (χ1) is 20.0. The van der Waals surface area contributed by atoms with Crippen molar-refractivity contribution in [3.05, 3.63) is 99.7 Å². The molecule has 2 unspecified atom stereocenters. The van der Waals surface area contributed by atoms with Crippen molar-refractivity contribution in [2.24, 2.45) is 10.9 Å². The molecule has 6 nitrogen and oxygen atoms in total. The van der Waals surface area contributed by atoms with Gasteiger partial charge in [-0.25, -0.2) is 0 Å². The molecule has 1 aliphatic heterocycles. The lowest BCUT2D eigenvalue weighted by Crippen LogP contribution is -2.14. The lowest BCUT2D eigenvalue weighted by molar-refractivity contribution is 0.651. The average Bonchev–Trinajstić information content (AvgIpc) is 3.48. The van der Waals surface area contributed by atoms with E-state index in [1.165, 1.54) is 22.5 Å². The zero-order chi connectivity index (χ0) is 28.1. The third-order valence-corrected chi connectivity index (χ3v) is 8.79. The van der Waals surface area contributed by atoms with Crippen LogP contribution in [-0.4, -0.2) is 25.3 Å². The molecule has 2 aliphatic rings. The van der Waals surface area contributed by atoms with Crippen LogP contribution in [0.5, 0.6) is 0 Å².